The molecular formula is C47H66N14O10. The van der Waals surface area contributed by atoms with Crippen LogP contribution >= 0.6 is 0 Å². The Hall–Kier alpha value is -7.53. The summed E-state index contributed by atoms with van der Waals surface area (Å²) in [6, 6.07) is -3.50. The number of imidazole rings is 1. The first kappa shape index (κ1) is 52.8. The fourth-order valence-electron chi connectivity index (χ4n) is 9.25. The number of aliphatic imine (C=N–C) groups is 1. The third-order valence-electron chi connectivity index (χ3n) is 12.8. The molecule has 1 aromatic carbocycles. The van der Waals surface area contributed by atoms with E-state index in [1.54, 1.807) is 42.8 Å². The van der Waals surface area contributed by atoms with Gasteiger partial charge < -0.3 is 64.1 Å². The molecule has 0 unspecified atom stereocenters. The smallest absolute Gasteiger partial charge is 0.326 e. The first-order valence-electron chi connectivity index (χ1n) is 23.9. The molecule has 1 fully saturated rings. The average molecular weight is 987 g/mol. The third-order valence-corrected chi connectivity index (χ3v) is 12.8. The second-order valence-electron chi connectivity index (χ2n) is 19.5. The number of fused-ring (bicyclic) bond motifs is 13. The molecule has 71 heavy (non-hydrogen) atoms. The second kappa shape index (κ2) is 22.9. The lowest BCUT2D eigenvalue weighted by molar-refractivity contribution is -0.141. The summed E-state index contributed by atoms with van der Waals surface area (Å²) in [5, 5.41) is 32.4. The molecule has 0 spiro atoms. The Labute approximate surface area is 409 Å². The van der Waals surface area contributed by atoms with E-state index >= 15 is 0 Å². The van der Waals surface area contributed by atoms with Gasteiger partial charge in [-0.1, -0.05) is 53.7 Å². The topological polar surface area (TPSA) is 368 Å². The van der Waals surface area contributed by atoms with Crippen LogP contribution in [-0.4, -0.2) is 134 Å². The van der Waals surface area contributed by atoms with Gasteiger partial charge in [0.2, 0.25) is 47.3 Å². The molecule has 8 atom stereocenters. The predicted octanol–water partition coefficient (Wildman–Crippen LogP) is -1.65. The predicted molar refractivity (Wildman–Crippen MR) is 258 cm³/mol. The molecule has 8 amide bonds. The highest BCUT2D eigenvalue weighted by molar-refractivity contribution is 5.99. The van der Waals surface area contributed by atoms with Gasteiger partial charge in [0.25, 0.3) is 0 Å². The quantitative estimate of drug-likeness (QED) is 0.0444. The summed E-state index contributed by atoms with van der Waals surface area (Å²) in [6.45, 7) is 10.3. The first-order chi connectivity index (χ1) is 33.6. The van der Waals surface area contributed by atoms with Crippen molar-refractivity contribution in [3.8, 4) is 5.82 Å². The number of carbonyl (C=O) groups excluding carboxylic acids is 8. The molecule has 384 valence electrons. The van der Waals surface area contributed by atoms with Crippen LogP contribution < -0.4 is 54.0 Å². The Morgan fingerprint density at radius 2 is 1.55 bits per heavy atom. The maximum Gasteiger partial charge on any atom is 0.326 e. The van der Waals surface area contributed by atoms with Crippen molar-refractivity contribution in [2.45, 2.75) is 135 Å². The molecule has 7 bridgehead atoms. The van der Waals surface area contributed by atoms with Crippen LogP contribution in [0.25, 0.3) is 16.7 Å². The SMILES string of the molecule is CC(C)C[C@@H]1NC(=O)[C@@H](NC(=O)[C@@H]2CCC(=O)N2)[C@H](C(C)C)c2ccc3c4c([nH]c3c2)-n2cnc(c2)C[C@@H](C(=O)O)NC(=O)CNC(=O)[C@H](CCCN=C(N)N)NC(=O)[C@@H](C4)NC(=O)[C@H](C(C)C)NC1=O. The van der Waals surface area contributed by atoms with Gasteiger partial charge in [0, 0.05) is 54.4 Å². The van der Waals surface area contributed by atoms with E-state index in [4.69, 9.17) is 11.5 Å². The minimum atomic E-state index is -1.46. The summed E-state index contributed by atoms with van der Waals surface area (Å²) in [5.74, 6) is -8.44. The number of hydrogen-bond donors (Lipinski definition) is 12. The van der Waals surface area contributed by atoms with Crippen molar-refractivity contribution < 1.29 is 48.3 Å². The van der Waals surface area contributed by atoms with Crippen LogP contribution in [0.4, 0.5) is 0 Å². The number of nitrogens with one attached hydrogen (secondary N) is 9. The fraction of sp³-hybridized carbons (Fsp3) is 0.553. The van der Waals surface area contributed by atoms with Gasteiger partial charge in [0.15, 0.2) is 5.96 Å². The van der Waals surface area contributed by atoms with E-state index < -0.39 is 108 Å². The molecule has 3 aromatic rings. The molecule has 0 aliphatic carbocycles. The lowest BCUT2D eigenvalue weighted by Gasteiger charge is -2.33. The summed E-state index contributed by atoms with van der Waals surface area (Å²) >= 11 is 0. The second-order valence-corrected chi connectivity index (χ2v) is 19.5. The van der Waals surface area contributed by atoms with Crippen LogP contribution in [0.2, 0.25) is 0 Å². The van der Waals surface area contributed by atoms with E-state index in [0.717, 1.165) is 0 Å². The number of carboxylic acid groups (broad SMARTS) is 1. The van der Waals surface area contributed by atoms with Gasteiger partial charge in [-0.2, -0.15) is 0 Å². The monoisotopic (exact) mass is 987 g/mol. The molecule has 14 N–H and O–H groups in total. The Kier molecular flexibility index (Phi) is 17.1. The zero-order valence-electron chi connectivity index (χ0n) is 40.7. The number of amides is 8. The number of nitrogens with zero attached hydrogens (tertiary/aromatic N) is 3. The van der Waals surface area contributed by atoms with E-state index in [-0.39, 0.29) is 80.9 Å². The number of nitrogens with two attached hydrogens (primary N) is 2. The lowest BCUT2D eigenvalue weighted by Crippen LogP contribution is -2.61. The number of carbonyl (C=O) groups is 9. The minimum Gasteiger partial charge on any atom is -0.480 e. The molecule has 4 aliphatic heterocycles. The summed E-state index contributed by atoms with van der Waals surface area (Å²) in [4.78, 5) is 136. The Bertz CT molecular complexity index is 2560. The molecule has 4 aliphatic rings. The van der Waals surface area contributed by atoms with E-state index in [1.807, 2.05) is 27.7 Å². The van der Waals surface area contributed by atoms with Gasteiger partial charge >= 0.3 is 5.97 Å². The summed E-state index contributed by atoms with van der Waals surface area (Å²) in [6.07, 6.45) is 3.13. The molecular weight excluding hydrogens is 921 g/mol. The summed E-state index contributed by atoms with van der Waals surface area (Å²) in [7, 11) is 0. The highest BCUT2D eigenvalue weighted by atomic mass is 16.4. The van der Waals surface area contributed by atoms with Crippen LogP contribution in [0.15, 0.2) is 35.7 Å². The number of benzene rings is 1. The third kappa shape index (κ3) is 13.2. The number of carboxylic acids is 1. The average Bonchev–Trinajstić information content (AvgIpc) is 4.04. The number of guanidine groups is 1. The zero-order chi connectivity index (χ0) is 51.8. The van der Waals surface area contributed by atoms with E-state index in [9.17, 15) is 48.3 Å². The van der Waals surface area contributed by atoms with Gasteiger partial charge in [-0.25, -0.2) is 9.78 Å². The maximum absolute atomic E-state index is 14.8. The van der Waals surface area contributed by atoms with Gasteiger partial charge in [-0.15, -0.1) is 0 Å². The Morgan fingerprint density at radius 3 is 2.20 bits per heavy atom. The Balaban J connectivity index is 1.57. The normalized spacial score (nSPS) is 24.9. The highest BCUT2D eigenvalue weighted by Crippen LogP contribution is 2.35. The molecule has 2 aromatic heterocycles. The molecule has 6 heterocycles. The molecule has 24 heteroatoms. The van der Waals surface area contributed by atoms with Crippen LogP contribution in [-0.2, 0) is 56.0 Å². The van der Waals surface area contributed by atoms with Crippen molar-refractivity contribution in [2.24, 2.45) is 34.2 Å². The van der Waals surface area contributed by atoms with Crippen LogP contribution in [0.3, 0.4) is 0 Å². The molecule has 24 nitrogen and oxygen atoms in total. The Morgan fingerprint density at radius 1 is 0.831 bits per heavy atom. The van der Waals surface area contributed by atoms with E-state index in [0.29, 0.717) is 27.8 Å². The van der Waals surface area contributed by atoms with Crippen LogP contribution in [0.5, 0.6) is 0 Å². The summed E-state index contributed by atoms with van der Waals surface area (Å²) < 4.78 is 1.58. The van der Waals surface area contributed by atoms with Crippen LogP contribution in [0.1, 0.15) is 96.4 Å². The van der Waals surface area contributed by atoms with Crippen molar-refractivity contribution in [3.05, 3.63) is 47.5 Å². The number of H-pyrrole nitrogens is 1. The van der Waals surface area contributed by atoms with Crippen molar-refractivity contribution in [1.29, 1.82) is 0 Å². The maximum atomic E-state index is 14.8. The molecule has 0 radical (unpaired) electrons. The van der Waals surface area contributed by atoms with Gasteiger partial charge in [-0.3, -0.25) is 47.9 Å². The number of hydrogen-bond acceptors (Lipinski definition) is 11. The minimum absolute atomic E-state index is 0.0333. The van der Waals surface area contributed by atoms with Crippen molar-refractivity contribution in [1.82, 2.24) is 57.1 Å². The van der Waals surface area contributed by atoms with Gasteiger partial charge in [0.05, 0.1) is 12.2 Å². The molecule has 0 saturated carbocycles. The molecule has 7 rings (SSSR count). The standard InChI is InChI=1S/C47H66N14O10/c1-21(2)14-31-43(67)59-37(23(5)6)44(68)58-32-17-27-26-10-9-24(36(22(3)4)38(45(69)57-31)60-41(65)29-11-12-34(62)53-29)15-30(26)55-39(27)61-19-25(52-20-61)16-33(46(70)71)54-35(63)18-51-40(64)28(56-42(32)66)8-7-13-50-47(48)49/h9-10,15,19-23,28-29,31-33,36-38,55H,7-8,11-14,16-18H2,1-6H3,(H,51,64)(H,53,62)(H,54,63)(H,56,66)(H,57,69)(H,58,68)(H,59,67)(H,60,65)(H,70,71)(H4,48,49,50)/t28-,29-,31-,32+,33-,36+,37-,38-/m0/s1. The zero-order valence-corrected chi connectivity index (χ0v) is 40.7. The number of aliphatic carboxylic acids is 1. The van der Waals surface area contributed by atoms with Crippen molar-refractivity contribution in [3.63, 3.8) is 0 Å². The fourth-order valence-corrected chi connectivity index (χ4v) is 9.25. The van der Waals surface area contributed by atoms with E-state index in [1.165, 1.54) is 6.33 Å². The van der Waals surface area contributed by atoms with Gasteiger partial charge in [-0.05, 0) is 55.1 Å². The van der Waals surface area contributed by atoms with Gasteiger partial charge in [0.1, 0.15) is 54.4 Å². The number of rotatable bonds is 11. The lowest BCUT2D eigenvalue weighted by atomic mass is 9.81. The summed E-state index contributed by atoms with van der Waals surface area (Å²) in [5.41, 5.74) is 12.8. The van der Waals surface area contributed by atoms with Crippen molar-refractivity contribution in [2.75, 3.05) is 13.1 Å². The first-order valence-corrected chi connectivity index (χ1v) is 23.9. The van der Waals surface area contributed by atoms with E-state index in [2.05, 4.69) is 57.5 Å². The highest BCUT2D eigenvalue weighted by Gasteiger charge is 2.40. The molecule has 1 saturated heterocycles. The number of aromatic amines is 1. The van der Waals surface area contributed by atoms with Crippen LogP contribution in [0, 0.1) is 17.8 Å². The van der Waals surface area contributed by atoms with Crippen molar-refractivity contribution >= 4 is 70.1 Å². The number of aromatic nitrogens is 3. The largest absolute Gasteiger partial charge is 0.480 e.